The first-order chi connectivity index (χ1) is 9.72. The van der Waals surface area contributed by atoms with Crippen LogP contribution in [-0.4, -0.2) is 20.7 Å². The maximum absolute atomic E-state index is 11.8. The Morgan fingerprint density at radius 3 is 2.90 bits per heavy atom. The SMILES string of the molecule is Cc1cc(NC(=O)Oc2ccccc2)cn2ncnc12. The minimum atomic E-state index is -0.546. The second-order valence-electron chi connectivity index (χ2n) is 4.27. The lowest BCUT2D eigenvalue weighted by Crippen LogP contribution is -2.17. The van der Waals surface area contributed by atoms with E-state index >= 15 is 0 Å². The summed E-state index contributed by atoms with van der Waals surface area (Å²) in [5, 5.41) is 6.71. The molecule has 0 fully saturated rings. The molecule has 0 bridgehead atoms. The summed E-state index contributed by atoms with van der Waals surface area (Å²) in [6, 6.07) is 10.7. The Bertz CT molecular complexity index is 752. The van der Waals surface area contributed by atoms with Gasteiger partial charge in [-0.15, -0.1) is 0 Å². The number of carbonyl (C=O) groups is 1. The molecule has 2 aromatic heterocycles. The van der Waals surface area contributed by atoms with Crippen molar-refractivity contribution >= 4 is 17.4 Å². The summed E-state index contributed by atoms with van der Waals surface area (Å²) in [5.74, 6) is 0.489. The molecule has 0 atom stereocenters. The van der Waals surface area contributed by atoms with Gasteiger partial charge in [-0.3, -0.25) is 5.32 Å². The van der Waals surface area contributed by atoms with Crippen molar-refractivity contribution in [1.82, 2.24) is 14.6 Å². The number of anilines is 1. The highest BCUT2D eigenvalue weighted by Gasteiger charge is 2.08. The van der Waals surface area contributed by atoms with E-state index in [1.807, 2.05) is 19.1 Å². The number of ether oxygens (including phenoxy) is 1. The van der Waals surface area contributed by atoms with E-state index in [1.54, 1.807) is 35.0 Å². The Morgan fingerprint density at radius 2 is 2.10 bits per heavy atom. The van der Waals surface area contributed by atoms with E-state index in [0.29, 0.717) is 11.4 Å². The zero-order valence-corrected chi connectivity index (χ0v) is 10.8. The van der Waals surface area contributed by atoms with E-state index in [9.17, 15) is 4.79 Å². The van der Waals surface area contributed by atoms with Gasteiger partial charge in [-0.1, -0.05) is 18.2 Å². The summed E-state index contributed by atoms with van der Waals surface area (Å²) < 4.78 is 6.76. The molecule has 0 aliphatic heterocycles. The van der Waals surface area contributed by atoms with Gasteiger partial charge in [0.1, 0.15) is 12.1 Å². The molecule has 1 N–H and O–H groups in total. The number of rotatable bonds is 2. The van der Waals surface area contributed by atoms with Crippen LogP contribution in [0.15, 0.2) is 48.9 Å². The molecule has 2 heterocycles. The number of para-hydroxylation sites is 1. The summed E-state index contributed by atoms with van der Waals surface area (Å²) in [5.41, 5.74) is 2.27. The molecule has 6 nitrogen and oxygen atoms in total. The predicted octanol–water partition coefficient (Wildman–Crippen LogP) is 2.65. The normalized spacial score (nSPS) is 10.4. The number of amides is 1. The highest BCUT2D eigenvalue weighted by Crippen LogP contribution is 2.15. The van der Waals surface area contributed by atoms with Gasteiger partial charge in [-0.25, -0.2) is 14.3 Å². The second kappa shape index (κ2) is 5.00. The number of pyridine rings is 1. The molecule has 0 radical (unpaired) electrons. The van der Waals surface area contributed by atoms with Crippen LogP contribution in [0.4, 0.5) is 10.5 Å². The topological polar surface area (TPSA) is 68.5 Å². The molecule has 1 aromatic carbocycles. The zero-order valence-electron chi connectivity index (χ0n) is 10.8. The number of fused-ring (bicyclic) bond motifs is 1. The molecular formula is C14H12N4O2. The quantitative estimate of drug-likeness (QED) is 0.775. The Morgan fingerprint density at radius 1 is 1.30 bits per heavy atom. The third-order valence-electron chi connectivity index (χ3n) is 2.76. The lowest BCUT2D eigenvalue weighted by Gasteiger charge is -2.07. The van der Waals surface area contributed by atoms with Gasteiger partial charge in [0.25, 0.3) is 0 Å². The second-order valence-corrected chi connectivity index (χ2v) is 4.27. The van der Waals surface area contributed by atoms with E-state index in [4.69, 9.17) is 4.74 Å². The van der Waals surface area contributed by atoms with Gasteiger partial charge >= 0.3 is 6.09 Å². The summed E-state index contributed by atoms with van der Waals surface area (Å²) in [6.07, 6.45) is 2.60. The van der Waals surface area contributed by atoms with Crippen LogP contribution >= 0.6 is 0 Å². The van der Waals surface area contributed by atoms with Crippen molar-refractivity contribution in [2.75, 3.05) is 5.32 Å². The lowest BCUT2D eigenvalue weighted by atomic mass is 10.3. The van der Waals surface area contributed by atoms with Crippen LogP contribution in [0, 0.1) is 6.92 Å². The van der Waals surface area contributed by atoms with Gasteiger partial charge in [0.15, 0.2) is 5.65 Å². The molecule has 0 saturated carbocycles. The zero-order chi connectivity index (χ0) is 13.9. The number of aromatic nitrogens is 3. The fourth-order valence-corrected chi connectivity index (χ4v) is 1.90. The largest absolute Gasteiger partial charge is 0.417 e. The van der Waals surface area contributed by atoms with Crippen molar-refractivity contribution in [2.24, 2.45) is 0 Å². The molecule has 3 aromatic rings. The maximum atomic E-state index is 11.8. The number of benzene rings is 1. The number of carbonyl (C=O) groups excluding carboxylic acids is 1. The molecule has 0 aliphatic carbocycles. The first kappa shape index (κ1) is 12.2. The molecule has 6 heteroatoms. The molecule has 0 unspecified atom stereocenters. The number of hydrogen-bond donors (Lipinski definition) is 1. The number of aryl methyl sites for hydroxylation is 1. The number of nitrogens with zero attached hydrogens (tertiary/aromatic N) is 3. The van der Waals surface area contributed by atoms with Crippen molar-refractivity contribution in [1.29, 1.82) is 0 Å². The van der Waals surface area contributed by atoms with Crippen molar-refractivity contribution in [3.8, 4) is 5.75 Å². The fraction of sp³-hybridized carbons (Fsp3) is 0.0714. The van der Waals surface area contributed by atoms with Gasteiger partial charge in [0, 0.05) is 0 Å². The van der Waals surface area contributed by atoms with Crippen molar-refractivity contribution in [2.45, 2.75) is 6.92 Å². The molecule has 20 heavy (non-hydrogen) atoms. The smallest absolute Gasteiger partial charge is 0.410 e. The molecule has 0 spiro atoms. The van der Waals surface area contributed by atoms with Gasteiger partial charge in [-0.05, 0) is 30.7 Å². The standard InChI is InChI=1S/C14H12N4O2/c1-10-7-11(8-18-13(10)15-9-16-18)17-14(19)20-12-5-3-2-4-6-12/h2-9H,1H3,(H,17,19). The van der Waals surface area contributed by atoms with Crippen molar-refractivity contribution in [3.05, 3.63) is 54.5 Å². The third kappa shape index (κ3) is 2.44. The monoisotopic (exact) mass is 268 g/mol. The predicted molar refractivity (Wildman–Crippen MR) is 73.8 cm³/mol. The Balaban J connectivity index is 1.77. The Kier molecular flexibility index (Phi) is 3.04. The Hall–Kier alpha value is -2.89. The minimum Gasteiger partial charge on any atom is -0.410 e. The summed E-state index contributed by atoms with van der Waals surface area (Å²) in [6.45, 7) is 1.90. The van der Waals surface area contributed by atoms with Gasteiger partial charge < -0.3 is 4.74 Å². The van der Waals surface area contributed by atoms with E-state index in [-0.39, 0.29) is 0 Å². The molecule has 0 saturated heterocycles. The average Bonchev–Trinajstić information content (AvgIpc) is 2.88. The first-order valence-corrected chi connectivity index (χ1v) is 6.06. The molecule has 0 aliphatic rings. The van der Waals surface area contributed by atoms with Crippen LogP contribution in [0.25, 0.3) is 5.65 Å². The first-order valence-electron chi connectivity index (χ1n) is 6.06. The van der Waals surface area contributed by atoms with E-state index < -0.39 is 6.09 Å². The molecule has 3 rings (SSSR count). The minimum absolute atomic E-state index is 0.489. The van der Waals surface area contributed by atoms with E-state index in [1.165, 1.54) is 6.33 Å². The average molecular weight is 268 g/mol. The molecular weight excluding hydrogens is 256 g/mol. The fourth-order valence-electron chi connectivity index (χ4n) is 1.90. The lowest BCUT2D eigenvalue weighted by molar-refractivity contribution is 0.215. The van der Waals surface area contributed by atoms with Crippen LogP contribution in [-0.2, 0) is 0 Å². The summed E-state index contributed by atoms with van der Waals surface area (Å²) >= 11 is 0. The number of nitrogens with one attached hydrogen (secondary N) is 1. The van der Waals surface area contributed by atoms with Gasteiger partial charge in [-0.2, -0.15) is 5.10 Å². The van der Waals surface area contributed by atoms with E-state index in [0.717, 1.165) is 11.2 Å². The van der Waals surface area contributed by atoms with Crippen molar-refractivity contribution in [3.63, 3.8) is 0 Å². The van der Waals surface area contributed by atoms with E-state index in [2.05, 4.69) is 15.4 Å². The van der Waals surface area contributed by atoms with Gasteiger partial charge in [0.05, 0.1) is 11.9 Å². The highest BCUT2D eigenvalue weighted by molar-refractivity contribution is 5.86. The maximum Gasteiger partial charge on any atom is 0.417 e. The van der Waals surface area contributed by atoms with Crippen LogP contribution < -0.4 is 10.1 Å². The molecule has 100 valence electrons. The highest BCUT2D eigenvalue weighted by atomic mass is 16.6. The molecule has 1 amide bonds. The summed E-state index contributed by atoms with van der Waals surface area (Å²) in [7, 11) is 0. The van der Waals surface area contributed by atoms with Gasteiger partial charge in [0.2, 0.25) is 0 Å². The van der Waals surface area contributed by atoms with Crippen LogP contribution in [0.1, 0.15) is 5.56 Å². The van der Waals surface area contributed by atoms with Crippen molar-refractivity contribution < 1.29 is 9.53 Å². The van der Waals surface area contributed by atoms with Crippen LogP contribution in [0.3, 0.4) is 0 Å². The van der Waals surface area contributed by atoms with Crippen LogP contribution in [0.2, 0.25) is 0 Å². The number of hydrogen-bond acceptors (Lipinski definition) is 4. The Labute approximate surface area is 115 Å². The van der Waals surface area contributed by atoms with Crippen LogP contribution in [0.5, 0.6) is 5.75 Å². The summed E-state index contributed by atoms with van der Waals surface area (Å²) in [4.78, 5) is 15.9. The third-order valence-corrected chi connectivity index (χ3v) is 2.76.